The van der Waals surface area contributed by atoms with Crippen molar-refractivity contribution in [2.24, 2.45) is 5.92 Å². The van der Waals surface area contributed by atoms with Crippen molar-refractivity contribution >= 4 is 33.7 Å². The van der Waals surface area contributed by atoms with E-state index >= 15 is 0 Å². The average Bonchev–Trinajstić information content (AvgIpc) is 3.12. The van der Waals surface area contributed by atoms with E-state index in [1.807, 2.05) is 18.3 Å². The minimum atomic E-state index is -0.710. The second-order valence-electron chi connectivity index (χ2n) is 6.78. The van der Waals surface area contributed by atoms with Gasteiger partial charge in [-0.3, -0.25) is 4.79 Å². The zero-order valence-corrected chi connectivity index (χ0v) is 13.6. The molecular weight excluding hydrogens is 320 g/mol. The van der Waals surface area contributed by atoms with Crippen molar-refractivity contribution in [3.8, 4) is 0 Å². The van der Waals surface area contributed by atoms with E-state index in [-0.39, 0.29) is 5.92 Å². The number of hydrogen-bond donors (Lipinski definition) is 2. The molecule has 4 heterocycles. The molecule has 1 aliphatic heterocycles. The van der Waals surface area contributed by atoms with Gasteiger partial charge in [-0.05, 0) is 31.4 Å². The van der Waals surface area contributed by atoms with Crippen LogP contribution in [0.15, 0.2) is 24.5 Å². The number of H-pyrrole nitrogens is 1. The first-order chi connectivity index (χ1) is 12.2. The molecule has 3 aromatic rings. The topological polar surface area (TPSA) is 98.2 Å². The maximum absolute atomic E-state index is 11.4. The number of nitrogens with zero attached hydrogens (tertiary/aromatic N) is 5. The number of aromatic amines is 1. The normalized spacial score (nSPS) is 21.2. The summed E-state index contributed by atoms with van der Waals surface area (Å²) in [5.74, 6) is -1.01. The molecule has 25 heavy (non-hydrogen) atoms. The minimum Gasteiger partial charge on any atom is -0.481 e. The maximum atomic E-state index is 11.4. The third-order valence-electron chi connectivity index (χ3n) is 5.11. The highest BCUT2D eigenvalue weighted by Crippen LogP contribution is 2.39. The lowest BCUT2D eigenvalue weighted by Gasteiger charge is -2.34. The van der Waals surface area contributed by atoms with Crippen LogP contribution in [0.2, 0.25) is 0 Å². The lowest BCUT2D eigenvalue weighted by molar-refractivity contribution is -0.141. The highest BCUT2D eigenvalue weighted by Gasteiger charge is 2.39. The standard InChI is InChI=1S/C17H18N6O2/c24-17(25)10-5-8-22(9-10)23(11-1-2-11)13-4-7-19-16-14(13)12-3-6-18-15(12)20-21-16/h3-4,6-7,10-11H,1-2,5,8-9H2,(H,19,21)(H,24,25). The minimum absolute atomic E-state index is 0.303. The number of carboxylic acids is 1. The van der Waals surface area contributed by atoms with E-state index < -0.39 is 5.97 Å². The van der Waals surface area contributed by atoms with E-state index in [0.717, 1.165) is 41.5 Å². The van der Waals surface area contributed by atoms with E-state index in [0.29, 0.717) is 24.7 Å². The molecule has 3 aromatic heterocycles. The number of pyridine rings is 1. The molecule has 128 valence electrons. The first kappa shape index (κ1) is 14.6. The molecule has 0 radical (unpaired) electrons. The quantitative estimate of drug-likeness (QED) is 0.748. The first-order valence-electron chi connectivity index (χ1n) is 8.58. The van der Waals surface area contributed by atoms with Crippen LogP contribution in [0.25, 0.3) is 22.1 Å². The molecule has 8 heteroatoms. The maximum Gasteiger partial charge on any atom is 0.307 e. The Bertz CT molecular complexity index is 966. The number of hydrogen-bond acceptors (Lipinski definition) is 6. The third kappa shape index (κ3) is 2.32. The predicted octanol–water partition coefficient (Wildman–Crippen LogP) is 1.80. The van der Waals surface area contributed by atoms with Gasteiger partial charge in [-0.2, -0.15) is 0 Å². The molecule has 0 bridgehead atoms. The number of nitrogens with one attached hydrogen (secondary N) is 1. The van der Waals surface area contributed by atoms with Crippen molar-refractivity contribution in [3.63, 3.8) is 0 Å². The van der Waals surface area contributed by atoms with Gasteiger partial charge in [-0.25, -0.2) is 9.99 Å². The van der Waals surface area contributed by atoms with Crippen LogP contribution < -0.4 is 5.01 Å². The second kappa shape index (κ2) is 5.38. The Balaban J connectivity index is 1.65. The van der Waals surface area contributed by atoms with Gasteiger partial charge in [0.1, 0.15) is 0 Å². The zero-order chi connectivity index (χ0) is 17.0. The lowest BCUT2D eigenvalue weighted by atomic mass is 10.1. The second-order valence-corrected chi connectivity index (χ2v) is 6.78. The molecule has 2 N–H and O–H groups in total. The van der Waals surface area contributed by atoms with Crippen LogP contribution in [0.3, 0.4) is 0 Å². The number of carbonyl (C=O) groups is 1. The molecule has 1 saturated heterocycles. The molecule has 0 aromatic carbocycles. The highest BCUT2D eigenvalue weighted by atomic mass is 16.4. The van der Waals surface area contributed by atoms with Crippen LogP contribution in [0.4, 0.5) is 5.69 Å². The summed E-state index contributed by atoms with van der Waals surface area (Å²) in [4.78, 5) is 18.8. The van der Waals surface area contributed by atoms with Crippen LogP contribution in [0, 0.1) is 5.92 Å². The molecule has 5 rings (SSSR count). The number of aliphatic carboxylic acids is 1. The van der Waals surface area contributed by atoms with Crippen LogP contribution in [-0.2, 0) is 4.79 Å². The summed E-state index contributed by atoms with van der Waals surface area (Å²) < 4.78 is 0. The Kier molecular flexibility index (Phi) is 3.14. The van der Waals surface area contributed by atoms with Crippen molar-refractivity contribution in [2.75, 3.05) is 18.1 Å². The fourth-order valence-electron chi connectivity index (χ4n) is 3.75. The summed E-state index contributed by atoms with van der Waals surface area (Å²) in [5, 5.41) is 24.2. The Morgan fingerprint density at radius 3 is 2.92 bits per heavy atom. The first-order valence-corrected chi connectivity index (χ1v) is 8.58. The smallest absolute Gasteiger partial charge is 0.307 e. The van der Waals surface area contributed by atoms with E-state index in [2.05, 4.69) is 30.2 Å². The van der Waals surface area contributed by atoms with Crippen molar-refractivity contribution in [1.29, 1.82) is 0 Å². The summed E-state index contributed by atoms with van der Waals surface area (Å²) in [6.07, 6.45) is 6.54. The van der Waals surface area contributed by atoms with Gasteiger partial charge >= 0.3 is 5.97 Å². The summed E-state index contributed by atoms with van der Waals surface area (Å²) >= 11 is 0. The summed E-state index contributed by atoms with van der Waals surface area (Å²) in [5.41, 5.74) is 2.40. The summed E-state index contributed by atoms with van der Waals surface area (Å²) in [7, 11) is 0. The summed E-state index contributed by atoms with van der Waals surface area (Å²) in [6, 6.07) is 4.42. The molecule has 0 spiro atoms. The Labute approximate surface area is 143 Å². The average molecular weight is 338 g/mol. The van der Waals surface area contributed by atoms with Gasteiger partial charge < -0.3 is 15.1 Å². The molecular formula is C17H18N6O2. The Morgan fingerprint density at radius 1 is 1.28 bits per heavy atom. The van der Waals surface area contributed by atoms with Gasteiger partial charge in [0.05, 0.1) is 17.0 Å². The zero-order valence-electron chi connectivity index (χ0n) is 13.6. The molecule has 1 atom stereocenters. The van der Waals surface area contributed by atoms with Crippen molar-refractivity contribution in [1.82, 2.24) is 25.2 Å². The monoisotopic (exact) mass is 338 g/mol. The molecule has 1 saturated carbocycles. The van der Waals surface area contributed by atoms with Gasteiger partial charge in [0.15, 0.2) is 11.3 Å². The van der Waals surface area contributed by atoms with E-state index in [9.17, 15) is 9.90 Å². The molecule has 1 unspecified atom stereocenters. The van der Waals surface area contributed by atoms with Gasteiger partial charge in [0.2, 0.25) is 0 Å². The lowest BCUT2D eigenvalue weighted by Crippen LogP contribution is -2.43. The molecule has 2 fully saturated rings. The Hall–Kier alpha value is -2.74. The van der Waals surface area contributed by atoms with Gasteiger partial charge in [0.25, 0.3) is 0 Å². The van der Waals surface area contributed by atoms with Gasteiger partial charge in [-0.15, -0.1) is 10.2 Å². The van der Waals surface area contributed by atoms with E-state index in [4.69, 9.17) is 0 Å². The number of anilines is 1. The number of hydrazine groups is 1. The molecule has 0 amide bonds. The van der Waals surface area contributed by atoms with Crippen LogP contribution in [0.1, 0.15) is 19.3 Å². The van der Waals surface area contributed by atoms with Crippen LogP contribution in [-0.4, -0.2) is 55.4 Å². The van der Waals surface area contributed by atoms with E-state index in [1.54, 1.807) is 6.20 Å². The number of aromatic nitrogens is 4. The molecule has 8 nitrogen and oxygen atoms in total. The van der Waals surface area contributed by atoms with Crippen LogP contribution in [0.5, 0.6) is 0 Å². The third-order valence-corrected chi connectivity index (χ3v) is 5.11. The van der Waals surface area contributed by atoms with Gasteiger partial charge in [-0.1, -0.05) is 0 Å². The number of carboxylic acid groups (broad SMARTS) is 1. The van der Waals surface area contributed by atoms with Crippen molar-refractivity contribution in [2.45, 2.75) is 25.3 Å². The number of fused-ring (bicyclic) bond motifs is 3. The van der Waals surface area contributed by atoms with Crippen molar-refractivity contribution in [3.05, 3.63) is 24.5 Å². The van der Waals surface area contributed by atoms with Crippen molar-refractivity contribution < 1.29 is 9.90 Å². The summed E-state index contributed by atoms with van der Waals surface area (Å²) in [6.45, 7) is 1.31. The predicted molar refractivity (Wildman–Crippen MR) is 92.0 cm³/mol. The largest absolute Gasteiger partial charge is 0.481 e. The highest BCUT2D eigenvalue weighted by molar-refractivity contribution is 6.08. The number of rotatable bonds is 4. The fraction of sp³-hybridized carbons (Fsp3) is 0.412. The van der Waals surface area contributed by atoms with Gasteiger partial charge in [0, 0.05) is 36.9 Å². The molecule has 2 aliphatic rings. The fourth-order valence-corrected chi connectivity index (χ4v) is 3.75. The SMILES string of the molecule is O=C(O)C1CCN(N(c2cc[nH]c3nnc4nccc4c23)C2CC2)C1. The van der Waals surface area contributed by atoms with E-state index in [1.165, 1.54) is 0 Å². The Morgan fingerprint density at radius 2 is 2.16 bits per heavy atom. The molecule has 1 aliphatic carbocycles. The van der Waals surface area contributed by atoms with Crippen LogP contribution >= 0.6 is 0 Å².